The summed E-state index contributed by atoms with van der Waals surface area (Å²) < 4.78 is 13.5. The maximum atomic E-state index is 5.90. The standard InChI is InChI=1S/C14H27N3O2Si/c1-12-7-15-9-14(19-12)13-8-16-17(10-13)11-18-5-6-20(2,3)4/h8,10,12,14-15H,5-7,9,11H2,1-4H3. The SMILES string of the molecule is CC1CNCC(c2cnn(COCC[Si](C)(C)C)c2)O1. The Morgan fingerprint density at radius 3 is 2.95 bits per heavy atom. The maximum Gasteiger partial charge on any atom is 0.139 e. The molecular formula is C14H27N3O2Si. The van der Waals surface area contributed by atoms with Crippen molar-refractivity contribution in [3.8, 4) is 0 Å². The fraction of sp³-hybridized carbons (Fsp3) is 0.786. The maximum absolute atomic E-state index is 5.90. The molecule has 1 aliphatic rings. The number of rotatable bonds is 6. The van der Waals surface area contributed by atoms with E-state index in [1.807, 2.05) is 17.1 Å². The minimum absolute atomic E-state index is 0.106. The lowest BCUT2D eigenvalue weighted by Crippen LogP contribution is -2.38. The number of morpholine rings is 1. The van der Waals surface area contributed by atoms with Gasteiger partial charge in [0, 0.05) is 39.5 Å². The average molecular weight is 297 g/mol. The van der Waals surface area contributed by atoms with Gasteiger partial charge in [0.15, 0.2) is 0 Å². The van der Waals surface area contributed by atoms with Crippen molar-refractivity contribution < 1.29 is 9.47 Å². The van der Waals surface area contributed by atoms with Gasteiger partial charge in [-0.05, 0) is 13.0 Å². The molecule has 20 heavy (non-hydrogen) atoms. The molecule has 0 spiro atoms. The number of aromatic nitrogens is 2. The van der Waals surface area contributed by atoms with Crippen molar-refractivity contribution in [2.45, 2.75) is 51.5 Å². The third-order valence-electron chi connectivity index (χ3n) is 3.40. The Hall–Kier alpha value is -0.693. The van der Waals surface area contributed by atoms with E-state index in [1.54, 1.807) is 0 Å². The van der Waals surface area contributed by atoms with Gasteiger partial charge < -0.3 is 14.8 Å². The minimum Gasteiger partial charge on any atom is -0.368 e. The Labute approximate surface area is 122 Å². The summed E-state index contributed by atoms with van der Waals surface area (Å²) in [6, 6.07) is 1.19. The van der Waals surface area contributed by atoms with Crippen molar-refractivity contribution in [2.24, 2.45) is 0 Å². The van der Waals surface area contributed by atoms with E-state index in [9.17, 15) is 0 Å². The minimum atomic E-state index is -1.01. The molecule has 1 aliphatic heterocycles. The largest absolute Gasteiger partial charge is 0.368 e. The van der Waals surface area contributed by atoms with Crippen LogP contribution in [0.5, 0.6) is 0 Å². The van der Waals surface area contributed by atoms with Crippen LogP contribution in [0, 0.1) is 0 Å². The lowest BCUT2D eigenvalue weighted by Gasteiger charge is -2.27. The third kappa shape index (κ3) is 5.01. The quantitative estimate of drug-likeness (QED) is 0.646. The van der Waals surface area contributed by atoms with Gasteiger partial charge in [-0.2, -0.15) is 5.10 Å². The zero-order chi connectivity index (χ0) is 14.6. The summed E-state index contributed by atoms with van der Waals surface area (Å²) in [4.78, 5) is 0. The molecule has 0 radical (unpaired) electrons. The van der Waals surface area contributed by atoms with Crippen LogP contribution in [-0.2, 0) is 16.2 Å². The van der Waals surface area contributed by atoms with Gasteiger partial charge in [0.25, 0.3) is 0 Å². The van der Waals surface area contributed by atoms with Gasteiger partial charge in [-0.25, -0.2) is 4.68 Å². The van der Waals surface area contributed by atoms with E-state index in [-0.39, 0.29) is 12.2 Å². The zero-order valence-electron chi connectivity index (χ0n) is 13.1. The van der Waals surface area contributed by atoms with Crippen LogP contribution in [0.2, 0.25) is 25.7 Å². The topological polar surface area (TPSA) is 48.3 Å². The molecule has 5 nitrogen and oxygen atoms in total. The molecule has 1 N–H and O–H groups in total. The van der Waals surface area contributed by atoms with Crippen LogP contribution < -0.4 is 5.32 Å². The zero-order valence-corrected chi connectivity index (χ0v) is 14.1. The van der Waals surface area contributed by atoms with Crippen molar-refractivity contribution in [3.63, 3.8) is 0 Å². The van der Waals surface area contributed by atoms with E-state index in [2.05, 4.69) is 37.0 Å². The molecule has 0 aliphatic carbocycles. The normalized spacial score (nSPS) is 24.0. The van der Waals surface area contributed by atoms with Gasteiger partial charge in [-0.1, -0.05) is 19.6 Å². The number of ether oxygens (including phenoxy) is 2. The summed E-state index contributed by atoms with van der Waals surface area (Å²) in [6.45, 7) is 12.3. The van der Waals surface area contributed by atoms with Crippen molar-refractivity contribution in [1.82, 2.24) is 15.1 Å². The van der Waals surface area contributed by atoms with E-state index in [4.69, 9.17) is 9.47 Å². The van der Waals surface area contributed by atoms with E-state index in [0.717, 1.165) is 25.3 Å². The molecule has 114 valence electrons. The van der Waals surface area contributed by atoms with Gasteiger partial charge in [-0.15, -0.1) is 0 Å². The monoisotopic (exact) mass is 297 g/mol. The first kappa shape index (κ1) is 15.7. The number of hydrogen-bond donors (Lipinski definition) is 1. The molecule has 6 heteroatoms. The molecule has 0 aromatic carbocycles. The van der Waals surface area contributed by atoms with Crippen molar-refractivity contribution >= 4 is 8.07 Å². The van der Waals surface area contributed by atoms with Crippen LogP contribution >= 0.6 is 0 Å². The fourth-order valence-electron chi connectivity index (χ4n) is 2.14. The molecule has 2 heterocycles. The summed E-state index contributed by atoms with van der Waals surface area (Å²) in [6.07, 6.45) is 4.27. The van der Waals surface area contributed by atoms with E-state index in [0.29, 0.717) is 6.73 Å². The second-order valence-corrected chi connectivity index (χ2v) is 12.4. The van der Waals surface area contributed by atoms with Gasteiger partial charge in [0.05, 0.1) is 18.4 Å². The van der Waals surface area contributed by atoms with Crippen LogP contribution in [0.4, 0.5) is 0 Å². The number of nitrogens with one attached hydrogen (secondary N) is 1. The molecule has 0 amide bonds. The predicted octanol–water partition coefficient (Wildman–Crippen LogP) is 2.24. The van der Waals surface area contributed by atoms with Crippen molar-refractivity contribution in [2.75, 3.05) is 19.7 Å². The molecule has 1 saturated heterocycles. The van der Waals surface area contributed by atoms with Gasteiger partial charge >= 0.3 is 0 Å². The van der Waals surface area contributed by atoms with Gasteiger partial charge in [0.1, 0.15) is 6.73 Å². The summed E-state index contributed by atoms with van der Waals surface area (Å²) in [5, 5.41) is 7.72. The Kier molecular flexibility index (Phi) is 5.37. The third-order valence-corrected chi connectivity index (χ3v) is 5.11. The van der Waals surface area contributed by atoms with E-state index < -0.39 is 8.07 Å². The van der Waals surface area contributed by atoms with Crippen LogP contribution in [0.25, 0.3) is 0 Å². The highest BCUT2D eigenvalue weighted by Crippen LogP contribution is 2.20. The molecule has 1 aromatic heterocycles. The van der Waals surface area contributed by atoms with Crippen LogP contribution in [0.3, 0.4) is 0 Å². The highest BCUT2D eigenvalue weighted by atomic mass is 28.3. The van der Waals surface area contributed by atoms with Crippen molar-refractivity contribution in [1.29, 1.82) is 0 Å². The van der Waals surface area contributed by atoms with Crippen molar-refractivity contribution in [3.05, 3.63) is 18.0 Å². The molecule has 0 bridgehead atoms. The lowest BCUT2D eigenvalue weighted by atomic mass is 10.1. The average Bonchev–Trinajstić information content (AvgIpc) is 2.82. The molecule has 0 saturated carbocycles. The molecule has 1 aromatic rings. The predicted molar refractivity (Wildman–Crippen MR) is 82.5 cm³/mol. The first-order valence-electron chi connectivity index (χ1n) is 7.40. The first-order chi connectivity index (χ1) is 9.44. The molecule has 2 rings (SSSR count). The summed E-state index contributed by atoms with van der Waals surface area (Å²) in [5.41, 5.74) is 1.12. The molecule has 2 atom stereocenters. The lowest BCUT2D eigenvalue weighted by molar-refractivity contribution is -0.0288. The molecular weight excluding hydrogens is 270 g/mol. The fourth-order valence-corrected chi connectivity index (χ4v) is 2.90. The highest BCUT2D eigenvalue weighted by molar-refractivity contribution is 6.76. The number of nitrogens with zero attached hydrogens (tertiary/aromatic N) is 2. The Balaban J connectivity index is 1.77. The summed E-state index contributed by atoms with van der Waals surface area (Å²) in [7, 11) is -1.01. The second-order valence-electron chi connectivity index (χ2n) is 6.75. The Bertz CT molecular complexity index is 417. The molecule has 1 fully saturated rings. The summed E-state index contributed by atoms with van der Waals surface area (Å²) in [5.74, 6) is 0. The summed E-state index contributed by atoms with van der Waals surface area (Å²) >= 11 is 0. The number of hydrogen-bond acceptors (Lipinski definition) is 4. The van der Waals surface area contributed by atoms with Gasteiger partial charge in [0.2, 0.25) is 0 Å². The smallest absolute Gasteiger partial charge is 0.139 e. The Morgan fingerprint density at radius 1 is 1.45 bits per heavy atom. The molecule has 2 unspecified atom stereocenters. The van der Waals surface area contributed by atoms with E-state index in [1.165, 1.54) is 6.04 Å². The van der Waals surface area contributed by atoms with Crippen LogP contribution in [0.1, 0.15) is 18.6 Å². The highest BCUT2D eigenvalue weighted by Gasteiger charge is 2.21. The van der Waals surface area contributed by atoms with Gasteiger partial charge in [-0.3, -0.25) is 0 Å². The second kappa shape index (κ2) is 6.84. The van der Waals surface area contributed by atoms with Crippen LogP contribution in [0.15, 0.2) is 12.4 Å². The first-order valence-corrected chi connectivity index (χ1v) is 11.1. The van der Waals surface area contributed by atoms with E-state index >= 15 is 0 Å². The Morgan fingerprint density at radius 2 is 2.25 bits per heavy atom. The van der Waals surface area contributed by atoms with Crippen LogP contribution in [-0.4, -0.2) is 43.7 Å².